The van der Waals surface area contributed by atoms with Crippen molar-refractivity contribution in [3.8, 4) is 5.75 Å². The van der Waals surface area contributed by atoms with Crippen molar-refractivity contribution >= 4 is 17.3 Å². The van der Waals surface area contributed by atoms with E-state index in [1.54, 1.807) is 17.0 Å². The predicted octanol–water partition coefficient (Wildman–Crippen LogP) is 3.14. The number of nitrogen functional groups attached to an aromatic ring is 1. The lowest BCUT2D eigenvalue weighted by atomic mass is 10.0. The number of nitrogens with zero attached hydrogens (tertiary/aromatic N) is 1. The molecule has 0 spiro atoms. The summed E-state index contributed by atoms with van der Waals surface area (Å²) >= 11 is 0. The summed E-state index contributed by atoms with van der Waals surface area (Å²) in [7, 11) is 0. The number of hydrogen-bond donors (Lipinski definition) is 1. The monoisotopic (exact) mass is 282 g/mol. The Kier molecular flexibility index (Phi) is 3.29. The van der Waals surface area contributed by atoms with Gasteiger partial charge in [-0.1, -0.05) is 30.3 Å². The summed E-state index contributed by atoms with van der Waals surface area (Å²) in [4.78, 5) is 14.6. The van der Waals surface area contributed by atoms with E-state index in [0.29, 0.717) is 11.4 Å². The quantitative estimate of drug-likeness (QED) is 0.861. The van der Waals surface area contributed by atoms with Crippen molar-refractivity contribution in [1.82, 2.24) is 0 Å². The van der Waals surface area contributed by atoms with Gasteiger partial charge in [0.05, 0.1) is 5.69 Å². The van der Waals surface area contributed by atoms with E-state index in [1.165, 1.54) is 0 Å². The van der Waals surface area contributed by atoms with Gasteiger partial charge in [0.25, 0.3) is 5.91 Å². The highest BCUT2D eigenvalue weighted by Crippen LogP contribution is 2.40. The zero-order valence-corrected chi connectivity index (χ0v) is 12.1. The van der Waals surface area contributed by atoms with Gasteiger partial charge in [-0.2, -0.15) is 0 Å². The zero-order chi connectivity index (χ0) is 15.0. The molecule has 2 aromatic carbocycles. The van der Waals surface area contributed by atoms with Gasteiger partial charge >= 0.3 is 0 Å². The number of hydrogen-bond acceptors (Lipinski definition) is 3. The van der Waals surface area contributed by atoms with E-state index in [9.17, 15) is 4.79 Å². The summed E-state index contributed by atoms with van der Waals surface area (Å²) in [6.07, 6.45) is -0.622. The third-order valence-corrected chi connectivity index (χ3v) is 3.57. The van der Waals surface area contributed by atoms with Crippen molar-refractivity contribution in [2.24, 2.45) is 0 Å². The number of anilines is 2. The van der Waals surface area contributed by atoms with Crippen molar-refractivity contribution in [2.45, 2.75) is 26.0 Å². The lowest BCUT2D eigenvalue weighted by Gasteiger charge is -2.37. The van der Waals surface area contributed by atoms with Gasteiger partial charge in [-0.05, 0) is 26.0 Å². The molecule has 0 bridgehead atoms. The number of carbonyl (C=O) groups is 1. The number of ether oxygens (including phenoxy) is 1. The maximum absolute atomic E-state index is 12.8. The van der Waals surface area contributed by atoms with Gasteiger partial charge in [-0.25, -0.2) is 0 Å². The van der Waals surface area contributed by atoms with Crippen LogP contribution in [-0.4, -0.2) is 11.9 Å². The Morgan fingerprint density at radius 3 is 2.52 bits per heavy atom. The molecule has 0 fully saturated rings. The van der Waals surface area contributed by atoms with Gasteiger partial charge < -0.3 is 15.4 Å². The summed E-state index contributed by atoms with van der Waals surface area (Å²) in [6, 6.07) is 15.0. The first kappa shape index (κ1) is 13.5. The van der Waals surface area contributed by atoms with Gasteiger partial charge in [-0.15, -0.1) is 0 Å². The highest BCUT2D eigenvalue weighted by molar-refractivity contribution is 6.01. The van der Waals surface area contributed by atoms with Crippen LogP contribution in [0.1, 0.15) is 25.5 Å². The Labute approximate surface area is 124 Å². The first-order chi connectivity index (χ1) is 10.1. The van der Waals surface area contributed by atoms with Crippen LogP contribution in [0.4, 0.5) is 11.4 Å². The molecule has 21 heavy (non-hydrogen) atoms. The molecule has 2 aromatic rings. The molecule has 1 atom stereocenters. The van der Waals surface area contributed by atoms with Crippen LogP contribution in [0.3, 0.4) is 0 Å². The first-order valence-corrected chi connectivity index (χ1v) is 7.02. The lowest BCUT2D eigenvalue weighted by Crippen LogP contribution is -2.45. The van der Waals surface area contributed by atoms with E-state index in [4.69, 9.17) is 10.5 Å². The maximum Gasteiger partial charge on any atom is 0.273 e. The molecule has 0 aromatic heterocycles. The first-order valence-electron chi connectivity index (χ1n) is 7.02. The van der Waals surface area contributed by atoms with Crippen molar-refractivity contribution < 1.29 is 9.53 Å². The Bertz CT molecular complexity index is 668. The predicted molar refractivity (Wildman–Crippen MR) is 83.3 cm³/mol. The van der Waals surface area contributed by atoms with Gasteiger partial charge in [0.1, 0.15) is 5.75 Å². The van der Waals surface area contributed by atoms with Crippen LogP contribution in [0.25, 0.3) is 0 Å². The van der Waals surface area contributed by atoms with Crippen LogP contribution < -0.4 is 15.4 Å². The number of amides is 1. The topological polar surface area (TPSA) is 55.6 Å². The summed E-state index contributed by atoms with van der Waals surface area (Å²) in [5.41, 5.74) is 8.09. The number of fused-ring (bicyclic) bond motifs is 1. The van der Waals surface area contributed by atoms with E-state index < -0.39 is 6.10 Å². The van der Waals surface area contributed by atoms with E-state index in [0.717, 1.165) is 11.3 Å². The Morgan fingerprint density at radius 2 is 1.86 bits per heavy atom. The van der Waals surface area contributed by atoms with Crippen LogP contribution in [0.2, 0.25) is 0 Å². The second-order valence-electron chi connectivity index (χ2n) is 5.44. The molecule has 1 unspecified atom stereocenters. The van der Waals surface area contributed by atoms with Crippen molar-refractivity contribution in [2.75, 3.05) is 10.6 Å². The van der Waals surface area contributed by atoms with Crippen molar-refractivity contribution in [3.63, 3.8) is 0 Å². The second kappa shape index (κ2) is 5.13. The number of rotatable bonds is 2. The average Bonchev–Trinajstić information content (AvgIpc) is 2.47. The van der Waals surface area contributed by atoms with E-state index >= 15 is 0 Å². The van der Waals surface area contributed by atoms with Crippen molar-refractivity contribution in [1.29, 1.82) is 0 Å². The molecule has 0 aliphatic carbocycles. The maximum atomic E-state index is 12.8. The molecule has 108 valence electrons. The molecule has 1 amide bonds. The molecule has 3 rings (SSSR count). The fraction of sp³-hybridized carbons (Fsp3) is 0.235. The molecule has 1 heterocycles. The molecule has 0 radical (unpaired) electrons. The van der Waals surface area contributed by atoms with Gasteiger partial charge in [0.15, 0.2) is 0 Å². The normalized spacial score (nSPS) is 17.6. The minimum Gasteiger partial charge on any atom is -0.474 e. The molecule has 1 aliphatic rings. The van der Waals surface area contributed by atoms with Crippen LogP contribution in [-0.2, 0) is 4.79 Å². The number of nitrogens with two attached hydrogens (primary N) is 1. The lowest BCUT2D eigenvalue weighted by molar-refractivity contribution is -0.127. The number of carbonyl (C=O) groups excluding carboxylic acids is 1. The Morgan fingerprint density at radius 1 is 1.14 bits per heavy atom. The molecule has 2 N–H and O–H groups in total. The zero-order valence-electron chi connectivity index (χ0n) is 12.1. The van der Waals surface area contributed by atoms with E-state index in [1.807, 2.05) is 50.2 Å². The summed E-state index contributed by atoms with van der Waals surface area (Å²) < 4.78 is 5.92. The summed E-state index contributed by atoms with van der Waals surface area (Å²) in [6.45, 7) is 3.98. The molecule has 0 saturated carbocycles. The standard InChI is InChI=1S/C17H18N2O2/c1-11(2)19-14-9-8-13(18)10-15(14)21-16(17(19)20)12-6-4-3-5-7-12/h3-11,16H,18H2,1-2H3. The smallest absolute Gasteiger partial charge is 0.273 e. The molecular formula is C17H18N2O2. The minimum atomic E-state index is -0.622. The molecule has 4 heteroatoms. The average molecular weight is 282 g/mol. The van der Waals surface area contributed by atoms with Crippen molar-refractivity contribution in [3.05, 3.63) is 54.1 Å². The van der Waals surface area contributed by atoms with Crippen LogP contribution >= 0.6 is 0 Å². The van der Waals surface area contributed by atoms with E-state index in [2.05, 4.69) is 0 Å². The highest BCUT2D eigenvalue weighted by Gasteiger charge is 2.36. The number of benzene rings is 2. The Hall–Kier alpha value is -2.49. The second-order valence-corrected chi connectivity index (χ2v) is 5.44. The molecule has 4 nitrogen and oxygen atoms in total. The summed E-state index contributed by atoms with van der Waals surface area (Å²) in [5, 5.41) is 0. The molecular weight excluding hydrogens is 264 g/mol. The van der Waals surface area contributed by atoms with Crippen LogP contribution in [0.15, 0.2) is 48.5 Å². The largest absolute Gasteiger partial charge is 0.474 e. The summed E-state index contributed by atoms with van der Waals surface area (Å²) in [5.74, 6) is 0.602. The van der Waals surface area contributed by atoms with Crippen LogP contribution in [0, 0.1) is 0 Å². The molecule has 0 saturated heterocycles. The van der Waals surface area contributed by atoms with E-state index in [-0.39, 0.29) is 11.9 Å². The Balaban J connectivity index is 2.09. The van der Waals surface area contributed by atoms with Gasteiger partial charge in [0, 0.05) is 23.4 Å². The van der Waals surface area contributed by atoms with Gasteiger partial charge in [-0.3, -0.25) is 4.79 Å². The minimum absolute atomic E-state index is 0.0477. The van der Waals surface area contributed by atoms with Gasteiger partial charge in [0.2, 0.25) is 6.10 Å². The highest BCUT2D eigenvalue weighted by atomic mass is 16.5. The molecule has 1 aliphatic heterocycles. The van der Waals surface area contributed by atoms with Crippen LogP contribution in [0.5, 0.6) is 5.75 Å². The fourth-order valence-electron chi connectivity index (χ4n) is 2.62. The SMILES string of the molecule is CC(C)N1C(=O)C(c2ccccc2)Oc2cc(N)ccc21. The fourth-order valence-corrected chi connectivity index (χ4v) is 2.62. The third-order valence-electron chi connectivity index (χ3n) is 3.57. The third kappa shape index (κ3) is 2.33.